The summed E-state index contributed by atoms with van der Waals surface area (Å²) in [5.41, 5.74) is 9.73. The normalized spacial score (nSPS) is 10.7. The minimum absolute atomic E-state index is 0.283. The Balaban J connectivity index is 1.66. The van der Waals surface area contributed by atoms with Gasteiger partial charge in [-0.1, -0.05) is 48.6 Å². The van der Waals surface area contributed by atoms with Crippen molar-refractivity contribution in [1.82, 2.24) is 5.32 Å². The summed E-state index contributed by atoms with van der Waals surface area (Å²) in [4.78, 5) is 11.6. The average molecular weight is 310 g/mol. The molecule has 0 aliphatic heterocycles. The highest BCUT2D eigenvalue weighted by atomic mass is 16.5. The van der Waals surface area contributed by atoms with E-state index >= 15 is 0 Å². The van der Waals surface area contributed by atoms with E-state index in [0.717, 1.165) is 28.8 Å². The second-order valence-electron chi connectivity index (χ2n) is 5.36. The fourth-order valence-electron chi connectivity index (χ4n) is 2.19. The van der Waals surface area contributed by atoms with Crippen LogP contribution in [0.4, 0.5) is 10.5 Å². The third kappa shape index (κ3) is 6.26. The molecule has 0 spiro atoms. The van der Waals surface area contributed by atoms with Crippen molar-refractivity contribution in [3.8, 4) is 0 Å². The molecule has 1 amide bonds. The molecular weight excluding hydrogens is 288 g/mol. The number of amides is 1. The van der Waals surface area contributed by atoms with Crippen LogP contribution in [0, 0.1) is 6.92 Å². The predicted molar refractivity (Wildman–Crippen MR) is 93.9 cm³/mol. The Morgan fingerprint density at radius 3 is 2.74 bits per heavy atom. The minimum Gasteiger partial charge on any atom is -0.445 e. The molecule has 0 heterocycles. The summed E-state index contributed by atoms with van der Waals surface area (Å²) in [6.07, 6.45) is 4.34. The van der Waals surface area contributed by atoms with Crippen LogP contribution in [0.25, 0.3) is 6.08 Å². The zero-order valence-corrected chi connectivity index (χ0v) is 13.3. The summed E-state index contributed by atoms with van der Waals surface area (Å²) in [6, 6.07) is 15.5. The van der Waals surface area contributed by atoms with Gasteiger partial charge in [-0.25, -0.2) is 4.79 Å². The number of hydrogen-bond donors (Lipinski definition) is 2. The molecule has 3 N–H and O–H groups in total. The Bertz CT molecular complexity index is 646. The van der Waals surface area contributed by atoms with Crippen LogP contribution < -0.4 is 11.1 Å². The molecule has 0 radical (unpaired) electrons. The smallest absolute Gasteiger partial charge is 0.407 e. The second-order valence-corrected chi connectivity index (χ2v) is 5.36. The van der Waals surface area contributed by atoms with Crippen molar-refractivity contribution in [1.29, 1.82) is 0 Å². The van der Waals surface area contributed by atoms with E-state index in [1.165, 1.54) is 0 Å². The van der Waals surface area contributed by atoms with Gasteiger partial charge in [-0.3, -0.25) is 0 Å². The molecule has 4 nitrogen and oxygen atoms in total. The van der Waals surface area contributed by atoms with Crippen LogP contribution in [0.15, 0.2) is 54.6 Å². The van der Waals surface area contributed by atoms with Crippen LogP contribution in [0.3, 0.4) is 0 Å². The predicted octanol–water partition coefficient (Wildman–Crippen LogP) is 3.91. The molecule has 4 heteroatoms. The van der Waals surface area contributed by atoms with E-state index < -0.39 is 6.09 Å². The van der Waals surface area contributed by atoms with Crippen LogP contribution in [0.2, 0.25) is 0 Å². The monoisotopic (exact) mass is 310 g/mol. The molecule has 0 saturated heterocycles. The fraction of sp³-hybridized carbons (Fsp3) is 0.211. The summed E-state index contributed by atoms with van der Waals surface area (Å²) in [6.45, 7) is 2.83. The maximum absolute atomic E-state index is 11.6. The number of carbonyl (C=O) groups is 1. The molecule has 120 valence electrons. The van der Waals surface area contributed by atoms with E-state index in [4.69, 9.17) is 10.5 Å². The summed E-state index contributed by atoms with van der Waals surface area (Å²) >= 11 is 0. The van der Waals surface area contributed by atoms with E-state index in [9.17, 15) is 4.79 Å². The first kappa shape index (κ1) is 16.6. The van der Waals surface area contributed by atoms with Gasteiger partial charge in [0.1, 0.15) is 6.61 Å². The zero-order valence-electron chi connectivity index (χ0n) is 13.3. The van der Waals surface area contributed by atoms with Gasteiger partial charge in [-0.2, -0.15) is 0 Å². The number of nitrogens with two attached hydrogens (primary N) is 1. The zero-order chi connectivity index (χ0) is 16.5. The van der Waals surface area contributed by atoms with Gasteiger partial charge in [0.2, 0.25) is 0 Å². The van der Waals surface area contributed by atoms with Crippen molar-refractivity contribution in [3.05, 3.63) is 71.3 Å². The highest BCUT2D eigenvalue weighted by molar-refractivity contribution is 5.67. The number of ether oxygens (including phenoxy) is 1. The van der Waals surface area contributed by atoms with Gasteiger partial charge < -0.3 is 15.8 Å². The first-order chi connectivity index (χ1) is 11.1. The molecule has 2 rings (SSSR count). The molecule has 0 aliphatic carbocycles. The maximum Gasteiger partial charge on any atom is 0.407 e. The van der Waals surface area contributed by atoms with Gasteiger partial charge in [-0.15, -0.1) is 0 Å². The number of hydrogen-bond acceptors (Lipinski definition) is 3. The Morgan fingerprint density at radius 1 is 1.22 bits per heavy atom. The molecule has 0 aromatic heterocycles. The Hall–Kier alpha value is -2.75. The maximum atomic E-state index is 11.6. The summed E-state index contributed by atoms with van der Waals surface area (Å²) < 4.78 is 5.13. The molecule has 0 aliphatic rings. The molecule has 0 saturated carbocycles. The topological polar surface area (TPSA) is 64.3 Å². The molecular formula is C19H22N2O2. The highest BCUT2D eigenvalue weighted by Gasteiger charge is 2.00. The largest absolute Gasteiger partial charge is 0.445 e. The quantitative estimate of drug-likeness (QED) is 0.628. The lowest BCUT2D eigenvalue weighted by atomic mass is 10.1. The van der Waals surface area contributed by atoms with Gasteiger partial charge in [0, 0.05) is 12.2 Å². The number of anilines is 1. The molecule has 0 fully saturated rings. The Kier molecular flexibility index (Phi) is 6.24. The lowest BCUT2D eigenvalue weighted by Gasteiger charge is -2.06. The van der Waals surface area contributed by atoms with Crippen molar-refractivity contribution in [2.75, 3.05) is 12.3 Å². The van der Waals surface area contributed by atoms with E-state index in [-0.39, 0.29) is 6.61 Å². The number of rotatable bonds is 6. The summed E-state index contributed by atoms with van der Waals surface area (Å²) in [5.74, 6) is 0. The van der Waals surface area contributed by atoms with E-state index in [2.05, 4.69) is 11.4 Å². The third-order valence-corrected chi connectivity index (χ3v) is 3.23. The number of nitrogen functional groups attached to an aromatic ring is 1. The molecule has 23 heavy (non-hydrogen) atoms. The van der Waals surface area contributed by atoms with E-state index in [1.54, 1.807) is 0 Å². The SMILES string of the molecule is Cc1cc(N)cc(C=CCCNC(=O)OCc2ccccc2)c1. The van der Waals surface area contributed by atoms with Crippen LogP contribution in [0.1, 0.15) is 23.1 Å². The van der Waals surface area contributed by atoms with Crippen molar-refractivity contribution < 1.29 is 9.53 Å². The molecule has 0 atom stereocenters. The average Bonchev–Trinajstić information content (AvgIpc) is 2.53. The van der Waals surface area contributed by atoms with Gasteiger partial charge in [0.25, 0.3) is 0 Å². The van der Waals surface area contributed by atoms with Crippen LogP contribution in [-0.2, 0) is 11.3 Å². The number of carbonyl (C=O) groups excluding carboxylic acids is 1. The number of alkyl carbamates (subject to hydrolysis) is 1. The van der Waals surface area contributed by atoms with Crippen molar-refractivity contribution in [2.24, 2.45) is 0 Å². The first-order valence-electron chi connectivity index (χ1n) is 7.62. The van der Waals surface area contributed by atoms with Gasteiger partial charge in [-0.05, 0) is 42.2 Å². The van der Waals surface area contributed by atoms with Crippen molar-refractivity contribution >= 4 is 17.9 Å². The highest BCUT2D eigenvalue weighted by Crippen LogP contribution is 2.12. The van der Waals surface area contributed by atoms with E-state index in [1.807, 2.05) is 61.5 Å². The standard InChI is InChI=1S/C19H22N2O2/c1-15-11-17(13-18(20)12-15)9-5-6-10-21-19(22)23-14-16-7-3-2-4-8-16/h2-5,7-9,11-13H,6,10,14,20H2,1H3,(H,21,22). The van der Waals surface area contributed by atoms with Crippen LogP contribution >= 0.6 is 0 Å². The van der Waals surface area contributed by atoms with Crippen LogP contribution in [0.5, 0.6) is 0 Å². The Labute approximate surface area is 137 Å². The van der Waals surface area contributed by atoms with Gasteiger partial charge in [0.15, 0.2) is 0 Å². The molecule has 2 aromatic rings. The number of benzene rings is 2. The lowest BCUT2D eigenvalue weighted by Crippen LogP contribution is -2.24. The van der Waals surface area contributed by atoms with Gasteiger partial charge >= 0.3 is 6.09 Å². The van der Waals surface area contributed by atoms with Crippen molar-refractivity contribution in [2.45, 2.75) is 20.0 Å². The molecule has 0 unspecified atom stereocenters. The second kappa shape index (κ2) is 8.63. The summed E-state index contributed by atoms with van der Waals surface area (Å²) in [5, 5.41) is 2.72. The number of nitrogens with one attached hydrogen (secondary N) is 1. The van der Waals surface area contributed by atoms with Crippen molar-refractivity contribution in [3.63, 3.8) is 0 Å². The molecule has 2 aromatic carbocycles. The lowest BCUT2D eigenvalue weighted by molar-refractivity contribution is 0.140. The third-order valence-electron chi connectivity index (χ3n) is 3.23. The minimum atomic E-state index is -0.401. The fourth-order valence-corrected chi connectivity index (χ4v) is 2.19. The summed E-state index contributed by atoms with van der Waals surface area (Å²) in [7, 11) is 0. The first-order valence-corrected chi connectivity index (χ1v) is 7.62. The van der Waals surface area contributed by atoms with Crippen LogP contribution in [-0.4, -0.2) is 12.6 Å². The van der Waals surface area contributed by atoms with E-state index in [0.29, 0.717) is 6.54 Å². The number of aryl methyl sites for hydroxylation is 1. The molecule has 0 bridgehead atoms. The van der Waals surface area contributed by atoms with Gasteiger partial charge in [0.05, 0.1) is 0 Å². The Morgan fingerprint density at radius 2 is 2.00 bits per heavy atom.